The number of hydrazine groups is 1. The van der Waals surface area contributed by atoms with Crippen LogP contribution in [0.25, 0.3) is 0 Å². The molecule has 1 aromatic rings. The highest BCUT2D eigenvalue weighted by Gasteiger charge is 2.20. The van der Waals surface area contributed by atoms with E-state index in [9.17, 15) is 4.79 Å². The van der Waals surface area contributed by atoms with Crippen molar-refractivity contribution in [2.45, 2.75) is 6.42 Å². The normalized spacial score (nSPS) is 20.2. The van der Waals surface area contributed by atoms with Crippen molar-refractivity contribution in [3.8, 4) is 0 Å². The number of hydrogen-bond acceptors (Lipinski definition) is 5. The van der Waals surface area contributed by atoms with Crippen LogP contribution in [0, 0.1) is 0 Å². The number of benzene rings is 1. The van der Waals surface area contributed by atoms with E-state index >= 15 is 0 Å². The second-order valence-corrected chi connectivity index (χ2v) is 5.22. The molecule has 6 heteroatoms. The molecule has 1 fully saturated rings. The third-order valence-electron chi connectivity index (χ3n) is 3.68. The van der Waals surface area contributed by atoms with Crippen molar-refractivity contribution in [3.63, 3.8) is 0 Å². The molecule has 1 aromatic carbocycles. The van der Waals surface area contributed by atoms with Gasteiger partial charge in [-0.3, -0.25) is 4.79 Å². The summed E-state index contributed by atoms with van der Waals surface area (Å²) in [6, 6.07) is 3.81. The largest absolute Gasteiger partial charge is 0.397 e. The van der Waals surface area contributed by atoms with Crippen LogP contribution in [0.4, 0.5) is 17.1 Å². The topological polar surface area (TPSA) is 73.6 Å². The van der Waals surface area contributed by atoms with Gasteiger partial charge in [-0.25, -0.2) is 5.01 Å². The monoisotopic (exact) mass is 261 g/mol. The Kier molecular flexibility index (Phi) is 3.04. The van der Waals surface area contributed by atoms with Crippen LogP contribution < -0.4 is 16.5 Å². The molecule has 6 nitrogen and oxygen atoms in total. The molecule has 0 bridgehead atoms. The molecule has 0 aromatic heterocycles. The lowest BCUT2D eigenvalue weighted by atomic mass is 10.1. The van der Waals surface area contributed by atoms with Gasteiger partial charge in [0.05, 0.1) is 17.8 Å². The summed E-state index contributed by atoms with van der Waals surface area (Å²) in [5.74, 6) is 0.0335. The summed E-state index contributed by atoms with van der Waals surface area (Å²) >= 11 is 0. The Balaban J connectivity index is 1.75. The summed E-state index contributed by atoms with van der Waals surface area (Å²) in [5.41, 5.74) is 12.8. The maximum Gasteiger partial charge on any atom is 0.228 e. The number of hydrogen-bond donors (Lipinski definition) is 3. The first kappa shape index (κ1) is 12.3. The van der Waals surface area contributed by atoms with Gasteiger partial charge >= 0.3 is 0 Å². The van der Waals surface area contributed by atoms with Crippen LogP contribution >= 0.6 is 0 Å². The Morgan fingerprint density at radius 3 is 2.74 bits per heavy atom. The number of piperazine rings is 1. The van der Waals surface area contributed by atoms with Crippen molar-refractivity contribution in [3.05, 3.63) is 17.7 Å². The first-order valence-electron chi connectivity index (χ1n) is 6.54. The lowest BCUT2D eigenvalue weighted by Gasteiger charge is -2.33. The number of likely N-dealkylation sites (N-methyl/N-ethyl adjacent to an activating group) is 1. The molecule has 19 heavy (non-hydrogen) atoms. The van der Waals surface area contributed by atoms with Crippen molar-refractivity contribution >= 4 is 23.0 Å². The number of anilines is 3. The number of nitrogens with one attached hydrogen (secondary N) is 2. The number of fused-ring (bicyclic) bond motifs is 1. The Morgan fingerprint density at radius 1 is 1.26 bits per heavy atom. The second kappa shape index (κ2) is 4.71. The molecule has 1 amide bonds. The van der Waals surface area contributed by atoms with Crippen molar-refractivity contribution in [1.82, 2.24) is 9.91 Å². The predicted octanol–water partition coefficient (Wildman–Crippen LogP) is 0.338. The number of nitrogens with two attached hydrogens (primary N) is 1. The zero-order valence-corrected chi connectivity index (χ0v) is 11.1. The van der Waals surface area contributed by atoms with Crippen molar-refractivity contribution in [2.75, 3.05) is 49.7 Å². The van der Waals surface area contributed by atoms with E-state index in [4.69, 9.17) is 5.73 Å². The Morgan fingerprint density at radius 2 is 2.00 bits per heavy atom. The van der Waals surface area contributed by atoms with Gasteiger partial charge in [0, 0.05) is 31.9 Å². The van der Waals surface area contributed by atoms with Gasteiger partial charge in [0.25, 0.3) is 0 Å². The molecule has 2 aliphatic rings. The minimum Gasteiger partial charge on any atom is -0.397 e. The van der Waals surface area contributed by atoms with E-state index in [1.807, 2.05) is 12.1 Å². The van der Waals surface area contributed by atoms with E-state index in [1.165, 1.54) is 0 Å². The van der Waals surface area contributed by atoms with Crippen LogP contribution in [0.15, 0.2) is 12.1 Å². The summed E-state index contributed by atoms with van der Waals surface area (Å²) < 4.78 is 0. The van der Waals surface area contributed by atoms with Crippen LogP contribution in [-0.4, -0.2) is 49.0 Å². The van der Waals surface area contributed by atoms with Gasteiger partial charge in [-0.1, -0.05) is 0 Å². The average Bonchev–Trinajstić information content (AvgIpc) is 2.72. The maximum absolute atomic E-state index is 11.4. The summed E-state index contributed by atoms with van der Waals surface area (Å²) in [6.45, 7) is 3.99. The Bertz CT molecular complexity index is 508. The molecule has 0 atom stereocenters. The van der Waals surface area contributed by atoms with Gasteiger partial charge < -0.3 is 21.4 Å². The molecular formula is C13H19N5O. The number of nitrogens with zero attached hydrogens (tertiary/aromatic N) is 2. The summed E-state index contributed by atoms with van der Waals surface area (Å²) in [6.07, 6.45) is 0.425. The SMILES string of the molecule is CN1CCN(Nc2cc3c(cc2N)CC(=O)N3)CC1. The zero-order chi connectivity index (χ0) is 13.4. The fraction of sp³-hybridized carbons (Fsp3) is 0.462. The molecule has 0 unspecified atom stereocenters. The molecule has 4 N–H and O–H groups in total. The molecular weight excluding hydrogens is 242 g/mol. The molecule has 0 spiro atoms. The molecule has 102 valence electrons. The standard InChI is InChI=1S/C13H19N5O/c1-17-2-4-18(5-3-17)16-12-8-11-9(6-10(12)14)7-13(19)15-11/h6,8,16H,2-5,7,14H2,1H3,(H,15,19). The smallest absolute Gasteiger partial charge is 0.228 e. The molecule has 1 saturated heterocycles. The maximum atomic E-state index is 11.4. The van der Waals surface area contributed by atoms with Crippen LogP contribution in [0.5, 0.6) is 0 Å². The lowest BCUT2D eigenvalue weighted by molar-refractivity contribution is -0.115. The third kappa shape index (κ3) is 2.50. The predicted molar refractivity (Wildman–Crippen MR) is 75.9 cm³/mol. The molecule has 2 aliphatic heterocycles. The number of carbonyl (C=O) groups is 1. The van der Waals surface area contributed by atoms with Crippen LogP contribution in [0.3, 0.4) is 0 Å². The highest BCUT2D eigenvalue weighted by molar-refractivity contribution is 6.00. The van der Waals surface area contributed by atoms with E-state index < -0.39 is 0 Å². The Hall–Kier alpha value is -1.79. The number of nitrogen functional groups attached to an aromatic ring is 1. The zero-order valence-electron chi connectivity index (χ0n) is 11.1. The molecule has 2 heterocycles. The quantitative estimate of drug-likeness (QED) is 0.669. The van der Waals surface area contributed by atoms with Gasteiger partial charge in [-0.15, -0.1) is 0 Å². The fourth-order valence-electron chi connectivity index (χ4n) is 2.48. The number of amides is 1. The third-order valence-corrected chi connectivity index (χ3v) is 3.68. The van der Waals surface area contributed by atoms with Crippen molar-refractivity contribution in [2.24, 2.45) is 0 Å². The van der Waals surface area contributed by atoms with Crippen LogP contribution in [-0.2, 0) is 11.2 Å². The van der Waals surface area contributed by atoms with Gasteiger partial charge in [-0.05, 0) is 24.7 Å². The summed E-state index contributed by atoms with van der Waals surface area (Å²) in [7, 11) is 2.12. The Labute approximate surface area is 112 Å². The van der Waals surface area contributed by atoms with Crippen molar-refractivity contribution in [1.29, 1.82) is 0 Å². The molecule has 0 aliphatic carbocycles. The van der Waals surface area contributed by atoms with Gasteiger partial charge in [0.15, 0.2) is 0 Å². The fourth-order valence-corrected chi connectivity index (χ4v) is 2.48. The number of carbonyl (C=O) groups excluding carboxylic acids is 1. The van der Waals surface area contributed by atoms with Crippen molar-refractivity contribution < 1.29 is 4.79 Å². The second-order valence-electron chi connectivity index (χ2n) is 5.22. The van der Waals surface area contributed by atoms with E-state index in [0.717, 1.165) is 43.1 Å². The minimum atomic E-state index is 0.0335. The van der Waals surface area contributed by atoms with E-state index in [1.54, 1.807) is 0 Å². The minimum absolute atomic E-state index is 0.0335. The van der Waals surface area contributed by atoms with E-state index in [0.29, 0.717) is 12.1 Å². The van der Waals surface area contributed by atoms with Gasteiger partial charge in [0.2, 0.25) is 5.91 Å². The van der Waals surface area contributed by atoms with Crippen LogP contribution in [0.2, 0.25) is 0 Å². The van der Waals surface area contributed by atoms with Gasteiger partial charge in [-0.2, -0.15) is 0 Å². The highest BCUT2D eigenvalue weighted by atomic mass is 16.1. The van der Waals surface area contributed by atoms with Gasteiger partial charge in [0.1, 0.15) is 0 Å². The lowest BCUT2D eigenvalue weighted by Crippen LogP contribution is -2.47. The number of rotatable bonds is 2. The molecule has 3 rings (SSSR count). The molecule has 0 radical (unpaired) electrons. The summed E-state index contributed by atoms with van der Waals surface area (Å²) in [4.78, 5) is 13.7. The first-order chi connectivity index (χ1) is 9.11. The van der Waals surface area contributed by atoms with E-state index in [2.05, 4.69) is 27.7 Å². The van der Waals surface area contributed by atoms with E-state index in [-0.39, 0.29) is 5.91 Å². The van der Waals surface area contributed by atoms with Crippen LogP contribution in [0.1, 0.15) is 5.56 Å². The highest BCUT2D eigenvalue weighted by Crippen LogP contribution is 2.31. The first-order valence-corrected chi connectivity index (χ1v) is 6.54. The molecule has 0 saturated carbocycles. The summed E-state index contributed by atoms with van der Waals surface area (Å²) in [5, 5.41) is 5.01. The average molecular weight is 261 g/mol.